The highest BCUT2D eigenvalue weighted by molar-refractivity contribution is 4.35. The van der Waals surface area contributed by atoms with Crippen LogP contribution < -0.4 is 18.1 Å². The van der Waals surface area contributed by atoms with E-state index in [9.17, 15) is 0 Å². The fourth-order valence-electron chi connectivity index (χ4n) is 0.939. The molecule has 15 heavy (non-hydrogen) atoms. The summed E-state index contributed by atoms with van der Waals surface area (Å²) in [4.78, 5) is 0. The average molecular weight is 241 g/mol. The molecule has 0 aromatic heterocycles. The van der Waals surface area contributed by atoms with Crippen LogP contribution in [0.2, 0.25) is 0 Å². The third-order valence-corrected chi connectivity index (χ3v) is 1.79. The minimum Gasteiger partial charge on any atom is -1.00 e. The summed E-state index contributed by atoms with van der Waals surface area (Å²) in [5.41, 5.74) is 5.21. The second kappa shape index (κ2) is 14.2. The van der Waals surface area contributed by atoms with Gasteiger partial charge in [-0.15, -0.1) is 0 Å². The summed E-state index contributed by atoms with van der Waals surface area (Å²) in [7, 11) is 6.36. The summed E-state index contributed by atoms with van der Waals surface area (Å²) in [6, 6.07) is 0. The first kappa shape index (κ1) is 20.6. The summed E-state index contributed by atoms with van der Waals surface area (Å²) in [5.74, 6) is 0. The largest absolute Gasteiger partial charge is 1.00 e. The first-order chi connectivity index (χ1) is 6.47. The number of hydrogen-bond donors (Lipinski definition) is 2. The van der Waals surface area contributed by atoms with E-state index in [0.717, 1.165) is 24.0 Å². The molecule has 0 rings (SSSR count). The zero-order valence-corrected chi connectivity index (χ0v) is 11.6. The van der Waals surface area contributed by atoms with Gasteiger partial charge in [-0.05, 0) is 13.0 Å². The van der Waals surface area contributed by atoms with Crippen molar-refractivity contribution in [2.75, 3.05) is 40.8 Å². The molecule has 0 aromatic carbocycles. The molecule has 0 spiro atoms. The first-order valence-corrected chi connectivity index (χ1v) is 5.59. The molecule has 0 amide bonds. The fraction of sp³-hybridized carbons (Fsp3) is 1.00. The molecule has 3 nitrogen and oxygen atoms in total. The van der Waals surface area contributed by atoms with Gasteiger partial charge in [0.05, 0.1) is 27.7 Å². The lowest BCUT2D eigenvalue weighted by atomic mass is 10.3. The molecule has 0 fully saturated rings. The maximum Gasteiger partial charge on any atom is 0.0802 e. The Morgan fingerprint density at radius 2 is 1.60 bits per heavy atom. The van der Waals surface area contributed by atoms with Crippen molar-refractivity contribution in [1.82, 2.24) is 0 Å². The lowest BCUT2D eigenvalue weighted by Crippen LogP contribution is -3.00. The zero-order chi connectivity index (χ0) is 11.4. The number of aliphatic hydroxyl groups is 1. The molecule has 0 radical (unpaired) electrons. The van der Waals surface area contributed by atoms with Gasteiger partial charge in [0, 0.05) is 13.0 Å². The highest BCUT2D eigenvalue weighted by Crippen LogP contribution is 1.90. The normalized spacial score (nSPS) is 10.0. The van der Waals surface area contributed by atoms with Crippen LogP contribution in [-0.2, 0) is 0 Å². The Bertz CT molecular complexity index is 101. The Morgan fingerprint density at radius 1 is 1.07 bits per heavy atom. The Hall–Kier alpha value is 0.170. The van der Waals surface area contributed by atoms with Crippen LogP contribution in [0, 0.1) is 0 Å². The van der Waals surface area contributed by atoms with Crippen molar-refractivity contribution in [3.63, 3.8) is 0 Å². The molecule has 0 heterocycles. The molecule has 0 bridgehead atoms. The van der Waals surface area contributed by atoms with Crippen LogP contribution in [0.15, 0.2) is 0 Å². The van der Waals surface area contributed by atoms with Gasteiger partial charge in [0.1, 0.15) is 0 Å². The SMILES string of the molecule is CCCCCN.C[N+](C)(C)CCCO.[Cl-]. The van der Waals surface area contributed by atoms with E-state index in [-0.39, 0.29) is 12.4 Å². The number of unbranched alkanes of at least 4 members (excludes halogenated alkanes) is 2. The molecule has 0 saturated carbocycles. The van der Waals surface area contributed by atoms with E-state index < -0.39 is 0 Å². The van der Waals surface area contributed by atoms with E-state index in [4.69, 9.17) is 10.8 Å². The van der Waals surface area contributed by atoms with Crippen molar-refractivity contribution in [3.8, 4) is 0 Å². The highest BCUT2D eigenvalue weighted by atomic mass is 35.5. The van der Waals surface area contributed by atoms with Crippen molar-refractivity contribution in [3.05, 3.63) is 0 Å². The molecule has 3 N–H and O–H groups in total. The third-order valence-electron chi connectivity index (χ3n) is 1.79. The van der Waals surface area contributed by atoms with Crippen molar-refractivity contribution in [1.29, 1.82) is 0 Å². The fourth-order valence-corrected chi connectivity index (χ4v) is 0.939. The van der Waals surface area contributed by atoms with Gasteiger partial charge in [-0.1, -0.05) is 19.8 Å². The predicted molar refractivity (Wildman–Crippen MR) is 63.2 cm³/mol. The number of rotatable bonds is 6. The number of aliphatic hydroxyl groups excluding tert-OH is 1. The van der Waals surface area contributed by atoms with E-state index >= 15 is 0 Å². The molecule has 0 saturated heterocycles. The predicted octanol–water partition coefficient (Wildman–Crippen LogP) is -1.79. The third kappa shape index (κ3) is 31.4. The van der Waals surface area contributed by atoms with Crippen molar-refractivity contribution < 1.29 is 22.0 Å². The van der Waals surface area contributed by atoms with Gasteiger partial charge in [-0.3, -0.25) is 0 Å². The average Bonchev–Trinajstić information content (AvgIpc) is 2.11. The second-order valence-electron chi connectivity index (χ2n) is 4.59. The van der Waals surface area contributed by atoms with Gasteiger partial charge < -0.3 is 27.7 Å². The quantitative estimate of drug-likeness (QED) is 0.426. The maximum absolute atomic E-state index is 8.42. The highest BCUT2D eigenvalue weighted by Gasteiger charge is 2.03. The molecule has 0 atom stereocenters. The number of nitrogens with zero attached hydrogens (tertiary/aromatic N) is 1. The van der Waals surface area contributed by atoms with E-state index in [1.807, 2.05) is 0 Å². The van der Waals surface area contributed by atoms with Gasteiger partial charge >= 0.3 is 0 Å². The van der Waals surface area contributed by atoms with Crippen LogP contribution in [-0.4, -0.2) is 50.4 Å². The number of nitrogens with two attached hydrogens (primary N) is 1. The number of hydrogen-bond acceptors (Lipinski definition) is 2. The molecule has 4 heteroatoms. The first-order valence-electron chi connectivity index (χ1n) is 5.59. The Balaban J connectivity index is -0.000000187. The standard InChI is InChI=1S/C6H16NO.C5H13N.ClH/c1-7(2,3)5-4-6-8;1-2-3-4-5-6;/h8H,4-6H2,1-3H3;2-6H2,1H3;1H/q+1;;/p-1. The lowest BCUT2D eigenvalue weighted by Gasteiger charge is -2.22. The van der Waals surface area contributed by atoms with E-state index in [0.29, 0.717) is 6.61 Å². The molecule has 0 aliphatic carbocycles. The molecular weight excluding hydrogens is 212 g/mol. The van der Waals surface area contributed by atoms with E-state index in [1.54, 1.807) is 0 Å². The van der Waals surface area contributed by atoms with Crippen molar-refractivity contribution in [2.24, 2.45) is 5.73 Å². The monoisotopic (exact) mass is 240 g/mol. The summed E-state index contributed by atoms with van der Waals surface area (Å²) in [5, 5.41) is 8.42. The van der Waals surface area contributed by atoms with Gasteiger partial charge in [0.2, 0.25) is 0 Å². The summed E-state index contributed by atoms with van der Waals surface area (Å²) >= 11 is 0. The van der Waals surface area contributed by atoms with Crippen LogP contribution in [0.25, 0.3) is 0 Å². The van der Waals surface area contributed by atoms with Crippen LogP contribution in [0.4, 0.5) is 0 Å². The van der Waals surface area contributed by atoms with Gasteiger partial charge in [0.25, 0.3) is 0 Å². The minimum atomic E-state index is 0. The number of halogens is 1. The second-order valence-corrected chi connectivity index (χ2v) is 4.59. The van der Waals surface area contributed by atoms with E-state index in [1.165, 1.54) is 19.3 Å². The molecule has 0 aliphatic rings. The lowest BCUT2D eigenvalue weighted by molar-refractivity contribution is -0.870. The van der Waals surface area contributed by atoms with Crippen molar-refractivity contribution in [2.45, 2.75) is 32.6 Å². The smallest absolute Gasteiger partial charge is 0.0802 e. The van der Waals surface area contributed by atoms with Crippen LogP contribution in [0.3, 0.4) is 0 Å². The molecule has 0 aliphatic heterocycles. The van der Waals surface area contributed by atoms with Gasteiger partial charge in [-0.25, -0.2) is 0 Å². The minimum absolute atomic E-state index is 0. The summed E-state index contributed by atoms with van der Waals surface area (Å²) < 4.78 is 0.945. The summed E-state index contributed by atoms with van der Waals surface area (Å²) in [6.07, 6.45) is 4.66. The van der Waals surface area contributed by atoms with Crippen LogP contribution in [0.5, 0.6) is 0 Å². The topological polar surface area (TPSA) is 46.2 Å². The summed E-state index contributed by atoms with van der Waals surface area (Å²) in [6.45, 7) is 4.40. The van der Waals surface area contributed by atoms with Crippen LogP contribution >= 0.6 is 0 Å². The van der Waals surface area contributed by atoms with E-state index in [2.05, 4.69) is 28.1 Å². The van der Waals surface area contributed by atoms with Crippen molar-refractivity contribution >= 4 is 0 Å². The Labute approximate surface area is 102 Å². The van der Waals surface area contributed by atoms with Gasteiger partial charge in [-0.2, -0.15) is 0 Å². The zero-order valence-electron chi connectivity index (χ0n) is 10.8. The Morgan fingerprint density at radius 3 is 1.73 bits per heavy atom. The molecular formula is C11H29ClN2O. The maximum atomic E-state index is 8.42. The number of quaternary nitrogens is 1. The molecule has 0 aromatic rings. The Kier molecular flexibility index (Phi) is 19.4. The molecule has 96 valence electrons. The van der Waals surface area contributed by atoms with Gasteiger partial charge in [0.15, 0.2) is 0 Å². The molecule has 0 unspecified atom stereocenters. The van der Waals surface area contributed by atoms with Crippen LogP contribution in [0.1, 0.15) is 32.6 Å².